The van der Waals surface area contributed by atoms with Gasteiger partial charge in [0.1, 0.15) is 11.3 Å². The van der Waals surface area contributed by atoms with Crippen LogP contribution < -0.4 is 15.0 Å². The summed E-state index contributed by atoms with van der Waals surface area (Å²) in [5.74, 6) is 0.638. The molecule has 1 aliphatic heterocycles. The first-order valence-electron chi connectivity index (χ1n) is 13.0. The maximum absolute atomic E-state index is 13.3. The smallest absolute Gasteiger partial charge is 0.423 e. The highest BCUT2D eigenvalue weighted by Gasteiger charge is 2.38. The van der Waals surface area contributed by atoms with E-state index in [1.54, 1.807) is 17.3 Å². The quantitative estimate of drug-likeness (QED) is 0.339. The summed E-state index contributed by atoms with van der Waals surface area (Å²) in [5, 5.41) is 14.1. The van der Waals surface area contributed by atoms with Crippen LogP contribution in [-0.2, 0) is 10.9 Å². The lowest BCUT2D eigenvalue weighted by atomic mass is 9.92. The SMILES string of the molecule is CCCOC(=O)N1CCN(c2cncc(O[C@H]3CC[C@H](Nc4ccc([N+](=O)[O-])c(C(F)(F)F)c4)CC3)c2)CC1. The van der Waals surface area contributed by atoms with Gasteiger partial charge in [-0.3, -0.25) is 15.1 Å². The van der Waals surface area contributed by atoms with Gasteiger partial charge in [-0.1, -0.05) is 6.92 Å². The average Bonchev–Trinajstić information content (AvgIpc) is 2.92. The highest BCUT2D eigenvalue weighted by molar-refractivity contribution is 5.68. The predicted molar refractivity (Wildman–Crippen MR) is 138 cm³/mol. The third-order valence-electron chi connectivity index (χ3n) is 6.88. The number of ether oxygens (including phenoxy) is 2. The largest absolute Gasteiger partial charge is 0.489 e. The number of nitrogens with one attached hydrogen (secondary N) is 1. The molecule has 39 heavy (non-hydrogen) atoms. The lowest BCUT2D eigenvalue weighted by molar-refractivity contribution is -0.388. The number of piperazine rings is 1. The van der Waals surface area contributed by atoms with Crippen LogP contribution in [0.15, 0.2) is 36.7 Å². The van der Waals surface area contributed by atoms with Crippen molar-refractivity contribution < 1.29 is 32.4 Å². The summed E-state index contributed by atoms with van der Waals surface area (Å²) in [4.78, 5) is 30.2. The molecule has 1 aliphatic carbocycles. The van der Waals surface area contributed by atoms with Crippen LogP contribution in [0.5, 0.6) is 5.75 Å². The molecule has 0 spiro atoms. The minimum Gasteiger partial charge on any atom is -0.489 e. The van der Waals surface area contributed by atoms with Crippen molar-refractivity contribution in [1.29, 1.82) is 0 Å². The molecule has 1 saturated heterocycles. The number of nitro benzene ring substituents is 1. The number of amides is 1. The summed E-state index contributed by atoms with van der Waals surface area (Å²) in [5.41, 5.74) is -1.12. The zero-order chi connectivity index (χ0) is 28.0. The summed E-state index contributed by atoms with van der Waals surface area (Å²) in [6.07, 6.45) is 1.77. The Hall–Kier alpha value is -3.77. The molecule has 2 heterocycles. The number of halogens is 3. The Morgan fingerprint density at radius 3 is 2.49 bits per heavy atom. The van der Waals surface area contributed by atoms with E-state index in [9.17, 15) is 28.1 Å². The molecule has 1 saturated carbocycles. The molecule has 13 heteroatoms. The Balaban J connectivity index is 1.27. The lowest BCUT2D eigenvalue weighted by Gasteiger charge is -2.35. The number of nitrogens with zero attached hydrogens (tertiary/aromatic N) is 4. The summed E-state index contributed by atoms with van der Waals surface area (Å²) >= 11 is 0. The van der Waals surface area contributed by atoms with Crippen LogP contribution in [0, 0.1) is 10.1 Å². The maximum atomic E-state index is 13.3. The van der Waals surface area contributed by atoms with Gasteiger partial charge in [0.2, 0.25) is 0 Å². The fourth-order valence-electron chi connectivity index (χ4n) is 4.84. The Bertz CT molecular complexity index is 1150. The van der Waals surface area contributed by atoms with Crippen molar-refractivity contribution in [1.82, 2.24) is 9.88 Å². The van der Waals surface area contributed by atoms with E-state index in [1.165, 1.54) is 6.07 Å². The minimum absolute atomic E-state index is 0.0621. The Kier molecular flexibility index (Phi) is 8.97. The molecule has 0 radical (unpaired) electrons. The van der Waals surface area contributed by atoms with E-state index in [4.69, 9.17) is 9.47 Å². The highest BCUT2D eigenvalue weighted by Crippen LogP contribution is 2.38. The first-order chi connectivity index (χ1) is 18.6. The number of alkyl halides is 3. The number of nitro groups is 1. The van der Waals surface area contributed by atoms with Crippen molar-refractivity contribution >= 4 is 23.2 Å². The van der Waals surface area contributed by atoms with Crippen molar-refractivity contribution in [3.63, 3.8) is 0 Å². The number of carbonyl (C=O) groups is 1. The predicted octanol–water partition coefficient (Wildman–Crippen LogP) is 5.48. The van der Waals surface area contributed by atoms with Crippen molar-refractivity contribution in [2.24, 2.45) is 0 Å². The molecule has 2 fully saturated rings. The number of anilines is 2. The number of pyridine rings is 1. The third kappa shape index (κ3) is 7.42. The number of hydrogen-bond donors (Lipinski definition) is 1. The Morgan fingerprint density at radius 2 is 1.85 bits per heavy atom. The standard InChI is InChI=1S/C26H32F3N5O5/c1-2-13-38-25(35)33-11-9-32(10-12-33)20-15-22(17-30-16-20)39-21-6-3-18(4-7-21)31-19-5-8-24(34(36)37)23(14-19)26(27,28)29/h5,8,14-18,21,31H,2-4,6-7,9-13H2,1H3/t18-,21-. The molecule has 1 amide bonds. The summed E-state index contributed by atoms with van der Waals surface area (Å²) in [7, 11) is 0. The van der Waals surface area contributed by atoms with Crippen LogP contribution in [0.3, 0.4) is 0 Å². The van der Waals surface area contributed by atoms with Crippen molar-refractivity contribution in [3.05, 3.63) is 52.3 Å². The first kappa shape index (κ1) is 28.2. The monoisotopic (exact) mass is 551 g/mol. The van der Waals surface area contributed by atoms with E-state index < -0.39 is 22.4 Å². The van der Waals surface area contributed by atoms with Crippen LogP contribution in [0.2, 0.25) is 0 Å². The second kappa shape index (κ2) is 12.4. The number of aromatic nitrogens is 1. The van der Waals surface area contributed by atoms with Gasteiger partial charge in [0, 0.05) is 50.0 Å². The Morgan fingerprint density at radius 1 is 1.13 bits per heavy atom. The van der Waals surface area contributed by atoms with E-state index in [1.807, 2.05) is 13.0 Å². The minimum atomic E-state index is -4.82. The molecule has 4 rings (SSSR count). The molecule has 1 N–H and O–H groups in total. The van der Waals surface area contributed by atoms with Gasteiger partial charge in [-0.2, -0.15) is 13.2 Å². The molecular formula is C26H32F3N5O5. The van der Waals surface area contributed by atoms with Crippen molar-refractivity contribution in [3.8, 4) is 5.75 Å². The molecule has 2 aliphatic rings. The second-order valence-electron chi connectivity index (χ2n) is 9.69. The zero-order valence-corrected chi connectivity index (χ0v) is 21.7. The van der Waals surface area contributed by atoms with Gasteiger partial charge in [0.05, 0.1) is 35.7 Å². The summed E-state index contributed by atoms with van der Waals surface area (Å²) in [6.45, 7) is 4.79. The van der Waals surface area contributed by atoms with Crippen molar-refractivity contribution in [2.75, 3.05) is 43.0 Å². The van der Waals surface area contributed by atoms with E-state index in [-0.39, 0.29) is 23.9 Å². The first-order valence-corrected chi connectivity index (χ1v) is 13.0. The number of carbonyl (C=O) groups excluding carboxylic acids is 1. The fourth-order valence-corrected chi connectivity index (χ4v) is 4.84. The number of hydrogen-bond acceptors (Lipinski definition) is 8. The van der Waals surface area contributed by atoms with E-state index in [0.717, 1.165) is 24.2 Å². The molecule has 2 aromatic rings. The molecule has 0 unspecified atom stereocenters. The van der Waals surface area contributed by atoms with Gasteiger partial charge in [0.15, 0.2) is 0 Å². The fraction of sp³-hybridized carbons (Fsp3) is 0.538. The van der Waals surface area contributed by atoms with E-state index in [2.05, 4.69) is 15.2 Å². The maximum Gasteiger partial charge on any atom is 0.423 e. The molecule has 10 nitrogen and oxygen atoms in total. The van der Waals surface area contributed by atoms with Gasteiger partial charge in [-0.25, -0.2) is 4.79 Å². The summed E-state index contributed by atoms with van der Waals surface area (Å²) in [6, 6.07) is 4.85. The lowest BCUT2D eigenvalue weighted by Crippen LogP contribution is -2.49. The number of benzene rings is 1. The average molecular weight is 552 g/mol. The van der Waals surface area contributed by atoms with Gasteiger partial charge in [0.25, 0.3) is 5.69 Å². The van der Waals surface area contributed by atoms with Gasteiger partial charge < -0.3 is 24.6 Å². The van der Waals surface area contributed by atoms with E-state index in [0.29, 0.717) is 64.2 Å². The van der Waals surface area contributed by atoms with Gasteiger partial charge in [-0.15, -0.1) is 0 Å². The van der Waals surface area contributed by atoms with Crippen LogP contribution >= 0.6 is 0 Å². The second-order valence-corrected chi connectivity index (χ2v) is 9.69. The van der Waals surface area contributed by atoms with Gasteiger partial charge >= 0.3 is 12.3 Å². The van der Waals surface area contributed by atoms with Gasteiger partial charge in [-0.05, 0) is 44.2 Å². The summed E-state index contributed by atoms with van der Waals surface area (Å²) < 4.78 is 51.2. The molecule has 0 atom stereocenters. The molecule has 212 valence electrons. The van der Waals surface area contributed by atoms with Crippen LogP contribution in [-0.4, -0.2) is 65.8 Å². The highest BCUT2D eigenvalue weighted by atomic mass is 19.4. The normalized spacial score (nSPS) is 19.9. The van der Waals surface area contributed by atoms with Crippen LogP contribution in [0.25, 0.3) is 0 Å². The molecule has 1 aromatic heterocycles. The Labute approximate surface area is 224 Å². The molecule has 1 aromatic carbocycles. The topological polar surface area (TPSA) is 110 Å². The van der Waals surface area contributed by atoms with Crippen LogP contribution in [0.1, 0.15) is 44.6 Å². The van der Waals surface area contributed by atoms with E-state index >= 15 is 0 Å². The molecular weight excluding hydrogens is 519 g/mol. The molecule has 0 bridgehead atoms. The van der Waals surface area contributed by atoms with Crippen molar-refractivity contribution in [2.45, 2.75) is 57.3 Å². The number of rotatable bonds is 8. The third-order valence-corrected chi connectivity index (χ3v) is 6.88. The van der Waals surface area contributed by atoms with Crippen LogP contribution in [0.4, 0.5) is 35.0 Å². The zero-order valence-electron chi connectivity index (χ0n) is 21.7.